The normalized spacial score (nSPS) is 11.4. The number of aromatic amines is 1. The Bertz CT molecular complexity index is 1390. The number of carbonyl (C=O) groups is 2. The fraction of sp³-hybridized carbons (Fsp3) is 0.200. The van der Waals surface area contributed by atoms with Crippen LogP contribution in [-0.4, -0.2) is 44.1 Å². The molecule has 0 unspecified atom stereocenters. The number of carboxylic acids is 1. The highest BCUT2D eigenvalue weighted by molar-refractivity contribution is 6.31. The molecule has 34 heavy (non-hydrogen) atoms. The maximum absolute atomic E-state index is 13.6. The van der Waals surface area contributed by atoms with Gasteiger partial charge in [-0.15, -0.1) is 5.10 Å². The predicted molar refractivity (Wildman–Crippen MR) is 129 cm³/mol. The molecule has 2 heterocycles. The van der Waals surface area contributed by atoms with E-state index in [-0.39, 0.29) is 12.3 Å². The molecule has 0 atom stereocenters. The highest BCUT2D eigenvalue weighted by Gasteiger charge is 2.22. The van der Waals surface area contributed by atoms with E-state index in [0.29, 0.717) is 51.3 Å². The summed E-state index contributed by atoms with van der Waals surface area (Å²) in [6, 6.07) is 10.5. The Hall–Kier alpha value is -3.91. The number of carboxylic acid groups (broad SMARTS) is 1. The summed E-state index contributed by atoms with van der Waals surface area (Å²) in [4.78, 5) is 25.1. The van der Waals surface area contributed by atoms with Gasteiger partial charge in [-0.1, -0.05) is 22.9 Å². The number of nitrogens with one attached hydrogen (secondary N) is 1. The van der Waals surface area contributed by atoms with E-state index in [1.165, 1.54) is 0 Å². The van der Waals surface area contributed by atoms with E-state index in [1.54, 1.807) is 61.2 Å². The number of fused-ring (bicyclic) bond motifs is 1. The minimum absolute atomic E-state index is 0.195. The third-order valence-electron chi connectivity index (χ3n) is 5.68. The Kier molecular flexibility index (Phi) is 6.79. The topological polar surface area (TPSA) is 110 Å². The summed E-state index contributed by atoms with van der Waals surface area (Å²) < 4.78 is 6.87. The van der Waals surface area contributed by atoms with Crippen LogP contribution < -0.4 is 4.74 Å². The summed E-state index contributed by atoms with van der Waals surface area (Å²) in [6.07, 6.45) is 6.65. The average molecular weight is 479 g/mol. The summed E-state index contributed by atoms with van der Waals surface area (Å²) in [5.41, 5.74) is 3.93. The molecule has 4 rings (SSSR count). The van der Waals surface area contributed by atoms with Crippen LogP contribution in [0.1, 0.15) is 39.3 Å². The van der Waals surface area contributed by atoms with Crippen molar-refractivity contribution in [3.8, 4) is 5.75 Å². The fourth-order valence-corrected chi connectivity index (χ4v) is 4.20. The number of aromatic nitrogens is 4. The van der Waals surface area contributed by atoms with E-state index < -0.39 is 5.97 Å². The zero-order valence-electron chi connectivity index (χ0n) is 18.7. The molecule has 2 aromatic carbocycles. The molecular weight excluding hydrogens is 456 g/mol. The summed E-state index contributed by atoms with van der Waals surface area (Å²) in [5.74, 6) is -0.622. The molecule has 0 fully saturated rings. The van der Waals surface area contributed by atoms with Crippen LogP contribution in [0.5, 0.6) is 5.75 Å². The van der Waals surface area contributed by atoms with Crippen molar-refractivity contribution in [1.82, 2.24) is 20.0 Å². The molecule has 0 spiro atoms. The number of aliphatic carboxylic acids is 1. The molecule has 0 aliphatic carbocycles. The maximum atomic E-state index is 13.6. The fourth-order valence-electron chi connectivity index (χ4n) is 3.99. The standard InChI is InChI=1S/C25H23ClN4O4/c1-15-20(13-24(31)32)21-12-19(34-2)8-10-23(21)30(15)25(33)17-7-9-22(26)16(11-17)5-3-4-6-18-14-27-29-28-18/h4,6-12,14H,3,5,13H2,1-2H3,(H,31,32)(H,27,28,29)/b6-4+. The second-order valence-corrected chi connectivity index (χ2v) is 8.22. The molecule has 8 nitrogen and oxygen atoms in total. The van der Waals surface area contributed by atoms with Gasteiger partial charge in [0.05, 0.1) is 30.9 Å². The number of hydrogen-bond acceptors (Lipinski definition) is 5. The zero-order valence-corrected chi connectivity index (χ0v) is 19.5. The van der Waals surface area contributed by atoms with Crippen molar-refractivity contribution < 1.29 is 19.4 Å². The van der Waals surface area contributed by atoms with Gasteiger partial charge >= 0.3 is 5.97 Å². The van der Waals surface area contributed by atoms with Gasteiger partial charge in [0.2, 0.25) is 0 Å². The minimum Gasteiger partial charge on any atom is -0.497 e. The summed E-state index contributed by atoms with van der Waals surface area (Å²) in [6.45, 7) is 1.76. The van der Waals surface area contributed by atoms with Crippen LogP contribution in [0.4, 0.5) is 0 Å². The number of benzene rings is 2. The lowest BCUT2D eigenvalue weighted by molar-refractivity contribution is -0.136. The van der Waals surface area contributed by atoms with Crippen LogP contribution in [0.2, 0.25) is 5.02 Å². The maximum Gasteiger partial charge on any atom is 0.307 e. The van der Waals surface area contributed by atoms with Gasteiger partial charge in [-0.05, 0) is 73.4 Å². The van der Waals surface area contributed by atoms with Gasteiger partial charge in [-0.25, -0.2) is 0 Å². The largest absolute Gasteiger partial charge is 0.497 e. The van der Waals surface area contributed by atoms with E-state index in [0.717, 1.165) is 11.3 Å². The number of methoxy groups -OCH3 is 1. The van der Waals surface area contributed by atoms with Crippen LogP contribution >= 0.6 is 11.6 Å². The molecule has 174 valence electrons. The second kappa shape index (κ2) is 9.93. The molecule has 0 aliphatic heterocycles. The lowest BCUT2D eigenvalue weighted by atomic mass is 10.1. The van der Waals surface area contributed by atoms with E-state index in [2.05, 4.69) is 15.4 Å². The molecule has 2 N–H and O–H groups in total. The van der Waals surface area contributed by atoms with E-state index >= 15 is 0 Å². The van der Waals surface area contributed by atoms with Gasteiger partial charge in [0.15, 0.2) is 0 Å². The number of aryl methyl sites for hydroxylation is 1. The van der Waals surface area contributed by atoms with Crippen molar-refractivity contribution in [3.63, 3.8) is 0 Å². The van der Waals surface area contributed by atoms with Crippen molar-refractivity contribution in [2.75, 3.05) is 7.11 Å². The minimum atomic E-state index is -0.967. The molecule has 2 aromatic heterocycles. The number of rotatable bonds is 8. The van der Waals surface area contributed by atoms with Crippen LogP contribution in [0.25, 0.3) is 17.0 Å². The number of allylic oxidation sites excluding steroid dienone is 1. The van der Waals surface area contributed by atoms with Gasteiger partial charge in [-0.3, -0.25) is 19.3 Å². The van der Waals surface area contributed by atoms with Crippen molar-refractivity contribution in [2.24, 2.45) is 0 Å². The number of halogens is 1. The van der Waals surface area contributed by atoms with E-state index in [4.69, 9.17) is 16.3 Å². The summed E-state index contributed by atoms with van der Waals surface area (Å²) in [5, 5.41) is 20.8. The lowest BCUT2D eigenvalue weighted by Crippen LogP contribution is -2.14. The summed E-state index contributed by atoms with van der Waals surface area (Å²) >= 11 is 6.40. The molecule has 0 saturated carbocycles. The van der Waals surface area contributed by atoms with Crippen molar-refractivity contribution >= 4 is 40.5 Å². The zero-order chi connectivity index (χ0) is 24.2. The molecule has 9 heteroatoms. The third-order valence-corrected chi connectivity index (χ3v) is 6.05. The van der Waals surface area contributed by atoms with Crippen LogP contribution in [0, 0.1) is 6.92 Å². The Balaban J connectivity index is 1.67. The number of hydrogen-bond donors (Lipinski definition) is 2. The molecular formula is C25H23ClN4O4. The first-order chi connectivity index (χ1) is 16.4. The Morgan fingerprint density at radius 3 is 2.76 bits per heavy atom. The van der Waals surface area contributed by atoms with Gasteiger partial charge in [0.1, 0.15) is 5.75 Å². The van der Waals surface area contributed by atoms with Gasteiger partial charge in [0.25, 0.3) is 5.91 Å². The number of nitrogens with zero attached hydrogens (tertiary/aromatic N) is 3. The first-order valence-corrected chi connectivity index (χ1v) is 11.0. The second-order valence-electron chi connectivity index (χ2n) is 7.82. The highest BCUT2D eigenvalue weighted by Crippen LogP contribution is 2.31. The van der Waals surface area contributed by atoms with Crippen LogP contribution in [0.15, 0.2) is 48.7 Å². The van der Waals surface area contributed by atoms with Crippen molar-refractivity contribution in [2.45, 2.75) is 26.2 Å². The summed E-state index contributed by atoms with van der Waals surface area (Å²) in [7, 11) is 1.54. The number of H-pyrrole nitrogens is 1. The lowest BCUT2D eigenvalue weighted by Gasteiger charge is -2.10. The highest BCUT2D eigenvalue weighted by atomic mass is 35.5. The average Bonchev–Trinajstić information content (AvgIpc) is 3.43. The predicted octanol–water partition coefficient (Wildman–Crippen LogP) is 4.69. The molecule has 4 aromatic rings. The van der Waals surface area contributed by atoms with Crippen LogP contribution in [0.3, 0.4) is 0 Å². The van der Waals surface area contributed by atoms with Crippen LogP contribution in [-0.2, 0) is 17.6 Å². The number of ether oxygens (including phenoxy) is 1. The quantitative estimate of drug-likeness (QED) is 0.380. The first kappa shape index (κ1) is 23.3. The van der Waals surface area contributed by atoms with Gasteiger partial charge < -0.3 is 9.84 Å². The molecule has 0 amide bonds. The van der Waals surface area contributed by atoms with Gasteiger partial charge in [-0.2, -0.15) is 0 Å². The SMILES string of the molecule is COc1ccc2c(c1)c(CC(=O)O)c(C)n2C(=O)c1ccc(Cl)c(CC/C=C/c2cnn[nH]2)c1. The molecule has 0 bridgehead atoms. The van der Waals surface area contributed by atoms with E-state index in [9.17, 15) is 14.7 Å². The van der Waals surface area contributed by atoms with Gasteiger partial charge in [0, 0.05) is 21.7 Å². The molecule has 0 aliphatic rings. The van der Waals surface area contributed by atoms with E-state index in [1.807, 2.05) is 12.2 Å². The van der Waals surface area contributed by atoms with Crippen molar-refractivity contribution in [3.05, 3.63) is 81.8 Å². The Labute approximate surface area is 200 Å². The third kappa shape index (κ3) is 4.72. The monoisotopic (exact) mass is 478 g/mol. The first-order valence-electron chi connectivity index (χ1n) is 10.6. The molecule has 0 saturated heterocycles. The Morgan fingerprint density at radius 1 is 1.24 bits per heavy atom. The Morgan fingerprint density at radius 2 is 2.06 bits per heavy atom. The number of carbonyl (C=O) groups excluding carboxylic acids is 1. The molecule has 0 radical (unpaired) electrons. The van der Waals surface area contributed by atoms with Crippen molar-refractivity contribution in [1.29, 1.82) is 0 Å². The smallest absolute Gasteiger partial charge is 0.307 e.